The highest BCUT2D eigenvalue weighted by atomic mass is 32.2. The Morgan fingerprint density at radius 1 is 0.931 bits per heavy atom. The van der Waals surface area contributed by atoms with Gasteiger partial charge in [-0.1, -0.05) is 0 Å². The number of carbonyl (C=O) groups excluding carboxylic acids is 3. The van der Waals surface area contributed by atoms with E-state index in [4.69, 9.17) is 5.11 Å². The second-order valence-electron chi connectivity index (χ2n) is 7.29. The van der Waals surface area contributed by atoms with Gasteiger partial charge in [-0.2, -0.15) is 23.5 Å². The topological polar surface area (TPSA) is 146 Å². The van der Waals surface area contributed by atoms with Gasteiger partial charge >= 0.3 is 24.0 Å². The number of hydrogen-bond acceptors (Lipinski definition) is 7. The van der Waals surface area contributed by atoms with Crippen molar-refractivity contribution < 1.29 is 29.0 Å². The molecule has 0 aromatic carbocycles. The molecule has 4 saturated heterocycles. The van der Waals surface area contributed by atoms with Gasteiger partial charge in [-0.15, -0.1) is 0 Å². The summed E-state index contributed by atoms with van der Waals surface area (Å²) in [5.74, 6) is 0.853. The second kappa shape index (κ2) is 9.79. The average molecular weight is 447 g/mol. The van der Waals surface area contributed by atoms with Crippen molar-refractivity contribution in [2.45, 2.75) is 60.4 Å². The van der Waals surface area contributed by atoms with Gasteiger partial charge in [-0.05, 0) is 12.8 Å². The molecule has 0 spiro atoms. The smallest absolute Gasteiger partial charge is 0.315 e. The maximum Gasteiger partial charge on any atom is 0.315 e. The van der Waals surface area contributed by atoms with Crippen LogP contribution < -0.4 is 21.3 Å². The van der Waals surface area contributed by atoms with Crippen LogP contribution in [0.5, 0.6) is 0 Å². The molecular weight excluding hydrogens is 420 g/mol. The van der Waals surface area contributed by atoms with Crippen molar-refractivity contribution >= 4 is 47.5 Å². The van der Waals surface area contributed by atoms with Gasteiger partial charge in [0.25, 0.3) is 0 Å². The number of nitrogens with one attached hydrogen (secondary N) is 4. The van der Waals surface area contributed by atoms with E-state index in [0.717, 1.165) is 17.9 Å². The van der Waals surface area contributed by atoms with E-state index in [1.54, 1.807) is 23.5 Å². The Morgan fingerprint density at radius 2 is 1.41 bits per heavy atom. The summed E-state index contributed by atoms with van der Waals surface area (Å²) < 4.78 is 4.59. The van der Waals surface area contributed by atoms with Gasteiger partial charge in [0.2, 0.25) is 0 Å². The third-order valence-electron chi connectivity index (χ3n) is 5.38. The third kappa shape index (κ3) is 5.62. The number of methoxy groups -OCH3 is 1. The van der Waals surface area contributed by atoms with E-state index < -0.39 is 5.97 Å². The minimum Gasteiger partial charge on any atom is -0.481 e. The highest BCUT2D eigenvalue weighted by Gasteiger charge is 2.43. The summed E-state index contributed by atoms with van der Waals surface area (Å²) in [5, 5.41) is 20.5. The van der Waals surface area contributed by atoms with Crippen LogP contribution in [0.15, 0.2) is 0 Å². The zero-order valence-corrected chi connectivity index (χ0v) is 17.6. The lowest BCUT2D eigenvalue weighted by Crippen LogP contribution is -2.37. The zero-order chi connectivity index (χ0) is 21.0. The summed E-state index contributed by atoms with van der Waals surface area (Å²) in [5.41, 5.74) is 0. The predicted molar refractivity (Wildman–Crippen MR) is 109 cm³/mol. The molecular formula is C17H26N4O6S2. The molecule has 10 nitrogen and oxygen atoms in total. The molecule has 4 fully saturated rings. The number of carbonyl (C=O) groups is 4. The van der Waals surface area contributed by atoms with Crippen molar-refractivity contribution in [2.24, 2.45) is 0 Å². The Bertz CT molecular complexity index is 666. The van der Waals surface area contributed by atoms with E-state index in [1.165, 1.54) is 7.11 Å². The van der Waals surface area contributed by atoms with Crippen LogP contribution in [-0.2, 0) is 14.3 Å². The van der Waals surface area contributed by atoms with Crippen molar-refractivity contribution in [3.8, 4) is 0 Å². The fourth-order valence-corrected chi connectivity index (χ4v) is 6.90. The number of fused-ring (bicyclic) bond motifs is 2. The first-order valence-corrected chi connectivity index (χ1v) is 11.6. The summed E-state index contributed by atoms with van der Waals surface area (Å²) in [6.45, 7) is 0. The van der Waals surface area contributed by atoms with Crippen LogP contribution in [-0.4, -0.2) is 82.4 Å². The summed E-state index contributed by atoms with van der Waals surface area (Å²) in [4.78, 5) is 43.5. The lowest BCUT2D eigenvalue weighted by atomic mass is 10.0. The van der Waals surface area contributed by atoms with Crippen molar-refractivity contribution in [2.75, 3.05) is 18.6 Å². The van der Waals surface area contributed by atoms with Gasteiger partial charge < -0.3 is 31.1 Å². The fourth-order valence-electron chi connectivity index (χ4n) is 3.91. The monoisotopic (exact) mass is 446 g/mol. The maximum atomic E-state index is 11.1. The minimum atomic E-state index is -0.772. The SMILES string of the molecule is COC(=O)CC[C@@H]1SC[C@@H]2NC(=O)N[C@@H]21.O=C(O)CC[C@@H]1SC[C@@H]2NC(=O)N[C@@H]21. The molecule has 29 heavy (non-hydrogen) atoms. The van der Waals surface area contributed by atoms with Crippen molar-refractivity contribution in [1.82, 2.24) is 21.3 Å². The summed E-state index contributed by atoms with van der Waals surface area (Å²) >= 11 is 3.54. The molecule has 0 aliphatic carbocycles. The molecule has 0 saturated carbocycles. The number of thioether (sulfide) groups is 2. The van der Waals surface area contributed by atoms with Crippen LogP contribution >= 0.6 is 23.5 Å². The molecule has 162 valence electrons. The molecule has 0 unspecified atom stereocenters. The van der Waals surface area contributed by atoms with Gasteiger partial charge in [0.15, 0.2) is 0 Å². The summed E-state index contributed by atoms with van der Waals surface area (Å²) in [6.07, 6.45) is 1.99. The zero-order valence-electron chi connectivity index (χ0n) is 16.0. The molecule has 4 aliphatic heterocycles. The van der Waals surface area contributed by atoms with Gasteiger partial charge in [0.05, 0.1) is 31.3 Å². The molecule has 0 aromatic heterocycles. The molecule has 0 radical (unpaired) electrons. The van der Waals surface area contributed by atoms with E-state index in [-0.39, 0.29) is 53.9 Å². The highest BCUT2D eigenvalue weighted by molar-refractivity contribution is 8.00. The number of amides is 4. The molecule has 0 bridgehead atoms. The fraction of sp³-hybridized carbons (Fsp3) is 0.765. The van der Waals surface area contributed by atoms with Crippen molar-refractivity contribution in [1.29, 1.82) is 0 Å². The van der Waals surface area contributed by atoms with Gasteiger partial charge in [-0.25, -0.2) is 9.59 Å². The third-order valence-corrected chi connectivity index (χ3v) is 8.40. The molecule has 0 aromatic rings. The second-order valence-corrected chi connectivity index (χ2v) is 9.84. The quantitative estimate of drug-likeness (QED) is 0.286. The largest absolute Gasteiger partial charge is 0.481 e. The van der Waals surface area contributed by atoms with Gasteiger partial charge in [0, 0.05) is 34.8 Å². The highest BCUT2D eigenvalue weighted by Crippen LogP contribution is 2.33. The van der Waals surface area contributed by atoms with Crippen LogP contribution in [0.4, 0.5) is 9.59 Å². The number of carboxylic acids is 1. The van der Waals surface area contributed by atoms with Crippen molar-refractivity contribution in [3.63, 3.8) is 0 Å². The van der Waals surface area contributed by atoms with Crippen LogP contribution in [0.1, 0.15) is 25.7 Å². The molecule has 4 heterocycles. The lowest BCUT2D eigenvalue weighted by Gasteiger charge is -2.15. The van der Waals surface area contributed by atoms with E-state index in [1.807, 2.05) is 0 Å². The number of carboxylic acid groups (broad SMARTS) is 1. The summed E-state index contributed by atoms with van der Waals surface area (Å²) in [6, 6.07) is 0.490. The van der Waals surface area contributed by atoms with E-state index in [9.17, 15) is 19.2 Å². The number of hydrogen-bond donors (Lipinski definition) is 5. The van der Waals surface area contributed by atoms with Crippen LogP contribution in [0.2, 0.25) is 0 Å². The van der Waals surface area contributed by atoms with Crippen LogP contribution in [0, 0.1) is 0 Å². The Morgan fingerprint density at radius 3 is 1.86 bits per heavy atom. The van der Waals surface area contributed by atoms with Crippen LogP contribution in [0.25, 0.3) is 0 Å². The first-order valence-electron chi connectivity index (χ1n) is 9.53. The maximum absolute atomic E-state index is 11.1. The number of aliphatic carboxylic acids is 1. The lowest BCUT2D eigenvalue weighted by molar-refractivity contribution is -0.140. The average Bonchev–Trinajstić information content (AvgIpc) is 3.40. The predicted octanol–water partition coefficient (Wildman–Crippen LogP) is 0.122. The van der Waals surface area contributed by atoms with Gasteiger partial charge in [0.1, 0.15) is 0 Å². The first-order chi connectivity index (χ1) is 13.9. The molecule has 4 rings (SSSR count). The molecule has 4 aliphatic rings. The number of rotatable bonds is 6. The Hall–Kier alpha value is -1.82. The Labute approximate surface area is 177 Å². The minimum absolute atomic E-state index is 0.0895. The molecule has 12 heteroatoms. The van der Waals surface area contributed by atoms with Gasteiger partial charge in [-0.3, -0.25) is 9.59 Å². The molecule has 5 N–H and O–H groups in total. The number of ether oxygens (including phenoxy) is 1. The Balaban J connectivity index is 0.000000166. The van der Waals surface area contributed by atoms with E-state index in [0.29, 0.717) is 18.1 Å². The number of urea groups is 2. The normalized spacial score (nSPS) is 34.0. The first kappa shape index (κ1) is 21.9. The molecule has 6 atom stereocenters. The van der Waals surface area contributed by atoms with Crippen molar-refractivity contribution in [3.05, 3.63) is 0 Å². The van der Waals surface area contributed by atoms with E-state index in [2.05, 4.69) is 26.0 Å². The number of esters is 1. The summed E-state index contributed by atoms with van der Waals surface area (Å²) in [7, 11) is 1.39. The van der Waals surface area contributed by atoms with E-state index >= 15 is 0 Å². The van der Waals surface area contributed by atoms with Crippen LogP contribution in [0.3, 0.4) is 0 Å². The molecule has 4 amide bonds. The Kier molecular flexibility index (Phi) is 7.38. The standard InChI is InChI=1S/C9H14N2O3S.C8H12N2O3S/c1-14-7(12)3-2-6-8-5(4-15-6)10-9(13)11-8;11-6(12)2-1-5-7-4(3-14-5)9-8(13)10-7/h5-6,8H,2-4H2,1H3,(H2,10,11,13);4-5,7H,1-3H2,(H,11,12)(H2,9,10,13)/t5-,6-,8-;4-,5-,7-/m00/s1.